The molecule has 60 heavy (non-hydrogen) atoms. The molecule has 9 nitrogen and oxygen atoms in total. The molecule has 332 valence electrons. The number of allylic oxidation sites excluding steroid dienone is 1. The normalized spacial score (nSPS) is 40.2. The van der Waals surface area contributed by atoms with Gasteiger partial charge in [-0.1, -0.05) is 80.0 Å². The number of carbonyl (C=O) groups is 3. The second kappa shape index (κ2) is 15.2. The minimum atomic E-state index is -0.829. The van der Waals surface area contributed by atoms with E-state index >= 15 is 0 Å². The van der Waals surface area contributed by atoms with E-state index < -0.39 is 28.8 Å². The van der Waals surface area contributed by atoms with Crippen LogP contribution in [0.25, 0.3) is 0 Å². The predicted octanol–water partition coefficient (Wildman–Crippen LogP) is 8.74. The Morgan fingerprint density at radius 2 is 1.52 bits per heavy atom. The number of aliphatic hydroxyl groups excluding tert-OH is 2. The van der Waals surface area contributed by atoms with Crippen molar-refractivity contribution in [3.05, 3.63) is 41.0 Å². The van der Waals surface area contributed by atoms with Gasteiger partial charge in [0.25, 0.3) is 0 Å². The van der Waals surface area contributed by atoms with Gasteiger partial charge in [0.05, 0.1) is 24.0 Å². The molecule has 5 saturated carbocycles. The summed E-state index contributed by atoms with van der Waals surface area (Å²) in [5.74, 6) is -0.462. The Morgan fingerprint density at radius 3 is 2.15 bits per heavy atom. The third-order valence-electron chi connectivity index (χ3n) is 19.6. The zero-order valence-corrected chi connectivity index (χ0v) is 38.2. The molecule has 6 aliphatic carbocycles. The topological polar surface area (TPSA) is 136 Å². The standard InChI is InChI=1S/C51H76N2O7/c1-30(2)42-37(55)27-51(40(56)29-52-28-31-10-12-32(13-11-31)53-24-18-33(54)19-25-53)23-22-49(8)34(43(42)51)14-15-39-48(7)20-17-41(47(5,6)38(48)16-21-50(39,49)9)60-45(59)36-26-35(44(57)58)46(36,3)4/h10-13,30,33-36,38-41,52,54,56H,14-29H2,1-9H3,(H,57,58)/t34-,35+,36-,38+,39-,40+,41+,48+,49-,50-,51+/m1/s1. The average Bonchev–Trinajstić information content (AvgIpc) is 3.49. The zero-order valence-electron chi connectivity index (χ0n) is 38.2. The van der Waals surface area contributed by atoms with Crippen molar-refractivity contribution in [1.29, 1.82) is 0 Å². The number of hydrogen-bond donors (Lipinski definition) is 4. The van der Waals surface area contributed by atoms with Crippen LogP contribution in [-0.4, -0.2) is 71.0 Å². The van der Waals surface area contributed by atoms with Crippen LogP contribution in [0.1, 0.15) is 145 Å². The molecule has 11 atom stereocenters. The molecule has 1 aromatic rings. The Hall–Kier alpha value is -2.75. The average molecular weight is 829 g/mol. The molecule has 1 aliphatic heterocycles. The molecule has 0 bridgehead atoms. The summed E-state index contributed by atoms with van der Waals surface area (Å²) in [5, 5.41) is 35.6. The van der Waals surface area contributed by atoms with Gasteiger partial charge in [0.2, 0.25) is 0 Å². The number of fused-ring (bicyclic) bond motifs is 7. The van der Waals surface area contributed by atoms with Gasteiger partial charge in [-0.15, -0.1) is 0 Å². The second-order valence-electron chi connectivity index (χ2n) is 23.2. The smallest absolute Gasteiger partial charge is 0.309 e. The Labute approximate surface area is 359 Å². The summed E-state index contributed by atoms with van der Waals surface area (Å²) in [6, 6.07) is 8.65. The molecular weight excluding hydrogens is 753 g/mol. The van der Waals surface area contributed by atoms with Crippen LogP contribution in [0.15, 0.2) is 35.4 Å². The van der Waals surface area contributed by atoms with Gasteiger partial charge in [-0.25, -0.2) is 0 Å². The Bertz CT molecular complexity index is 1880. The fourth-order valence-electron chi connectivity index (χ4n) is 15.7. The lowest BCUT2D eigenvalue weighted by molar-refractivity contribution is -0.238. The van der Waals surface area contributed by atoms with Crippen molar-refractivity contribution >= 4 is 23.4 Å². The van der Waals surface area contributed by atoms with E-state index in [1.165, 1.54) is 16.8 Å². The first-order valence-electron chi connectivity index (χ1n) is 23.7. The minimum Gasteiger partial charge on any atom is -0.481 e. The largest absolute Gasteiger partial charge is 0.481 e. The van der Waals surface area contributed by atoms with E-state index in [-0.39, 0.29) is 63.4 Å². The van der Waals surface area contributed by atoms with Crippen molar-refractivity contribution in [3.8, 4) is 0 Å². The molecule has 1 aromatic carbocycles. The summed E-state index contributed by atoms with van der Waals surface area (Å²) in [6.45, 7) is 23.3. The first kappa shape index (κ1) is 43.9. The van der Waals surface area contributed by atoms with Gasteiger partial charge in [0, 0.05) is 49.1 Å². The summed E-state index contributed by atoms with van der Waals surface area (Å²) in [6.07, 6.45) is 9.27. The molecule has 7 aliphatic rings. The van der Waals surface area contributed by atoms with E-state index in [4.69, 9.17) is 4.74 Å². The predicted molar refractivity (Wildman–Crippen MR) is 234 cm³/mol. The summed E-state index contributed by atoms with van der Waals surface area (Å²) in [7, 11) is 0. The number of ketones is 1. The molecular formula is C51H76N2O7. The van der Waals surface area contributed by atoms with Crippen LogP contribution in [0.5, 0.6) is 0 Å². The molecule has 1 saturated heterocycles. The van der Waals surface area contributed by atoms with Crippen LogP contribution in [0.2, 0.25) is 0 Å². The number of esters is 1. The van der Waals surface area contributed by atoms with Gasteiger partial charge in [-0.2, -0.15) is 0 Å². The summed E-state index contributed by atoms with van der Waals surface area (Å²) < 4.78 is 6.44. The number of carbonyl (C=O) groups excluding carboxylic acids is 2. The van der Waals surface area contributed by atoms with Gasteiger partial charge in [-0.05, 0) is 139 Å². The summed E-state index contributed by atoms with van der Waals surface area (Å²) in [5.41, 5.74) is 3.40. The van der Waals surface area contributed by atoms with Gasteiger partial charge in [-0.3, -0.25) is 14.4 Å². The van der Waals surface area contributed by atoms with Crippen LogP contribution in [-0.2, 0) is 25.7 Å². The Morgan fingerprint density at radius 1 is 0.833 bits per heavy atom. The monoisotopic (exact) mass is 829 g/mol. The minimum absolute atomic E-state index is 0.0151. The maximum Gasteiger partial charge on any atom is 0.309 e. The first-order valence-corrected chi connectivity index (χ1v) is 23.7. The Kier molecular flexibility index (Phi) is 11.1. The lowest BCUT2D eigenvalue weighted by Gasteiger charge is -2.72. The lowest BCUT2D eigenvalue weighted by Crippen LogP contribution is -2.66. The highest BCUT2D eigenvalue weighted by Gasteiger charge is 2.71. The highest BCUT2D eigenvalue weighted by Crippen LogP contribution is 2.77. The number of nitrogens with one attached hydrogen (secondary N) is 1. The van der Waals surface area contributed by atoms with E-state index in [9.17, 15) is 29.7 Å². The fraction of sp³-hybridized carbons (Fsp3) is 0.784. The quantitative estimate of drug-likeness (QED) is 0.171. The number of benzene rings is 1. The number of piperidine rings is 1. The second-order valence-corrected chi connectivity index (χ2v) is 23.2. The van der Waals surface area contributed by atoms with Crippen molar-refractivity contribution in [2.45, 2.75) is 164 Å². The number of aliphatic carboxylic acids is 1. The Balaban J connectivity index is 0.984. The SMILES string of the molecule is CC(C)C1=C2[C@H]3CC[C@@H]4[C@@]5(C)CC[C@H](OC(=O)[C@H]6C[C@@H](C(=O)O)C6(C)C)C(C)(C)[C@@H]5CC[C@@]4(C)[C@]3(C)CC[C@@]2([C@@H](O)CNCc2ccc(N3CCC(O)CC3)cc2)CC1=O. The number of carboxylic acid groups (broad SMARTS) is 1. The number of nitrogens with zero attached hydrogens (tertiary/aromatic N) is 1. The zero-order chi connectivity index (χ0) is 43.4. The fourth-order valence-corrected chi connectivity index (χ4v) is 15.7. The molecule has 4 N–H and O–H groups in total. The van der Waals surface area contributed by atoms with Gasteiger partial charge < -0.3 is 30.3 Å². The lowest BCUT2D eigenvalue weighted by atomic mass is 9.33. The molecule has 0 amide bonds. The number of Topliss-reactive ketones (excluding diaryl/α,β-unsaturated/α-hetero) is 1. The van der Waals surface area contributed by atoms with E-state index in [1.807, 2.05) is 13.8 Å². The molecule has 8 rings (SSSR count). The summed E-state index contributed by atoms with van der Waals surface area (Å²) in [4.78, 5) is 42.0. The van der Waals surface area contributed by atoms with Crippen LogP contribution in [0.4, 0.5) is 5.69 Å². The third kappa shape index (κ3) is 6.58. The van der Waals surface area contributed by atoms with Crippen LogP contribution >= 0.6 is 0 Å². The van der Waals surface area contributed by atoms with E-state index in [2.05, 4.69) is 82.9 Å². The molecule has 0 unspecified atom stereocenters. The number of aliphatic hydroxyl groups is 2. The van der Waals surface area contributed by atoms with Crippen molar-refractivity contribution in [2.75, 3.05) is 24.5 Å². The maximum atomic E-state index is 14.2. The van der Waals surface area contributed by atoms with Gasteiger partial charge in [0.15, 0.2) is 5.78 Å². The van der Waals surface area contributed by atoms with E-state index in [0.29, 0.717) is 37.8 Å². The number of ether oxygens (including phenoxy) is 1. The van der Waals surface area contributed by atoms with Crippen LogP contribution in [0, 0.1) is 68.0 Å². The summed E-state index contributed by atoms with van der Waals surface area (Å²) >= 11 is 0. The third-order valence-corrected chi connectivity index (χ3v) is 19.6. The molecule has 0 spiro atoms. The molecule has 0 radical (unpaired) electrons. The van der Waals surface area contributed by atoms with E-state index in [0.717, 1.165) is 82.9 Å². The number of hydrogen-bond acceptors (Lipinski definition) is 8. The maximum absolute atomic E-state index is 14.2. The van der Waals surface area contributed by atoms with Crippen molar-refractivity contribution in [3.63, 3.8) is 0 Å². The van der Waals surface area contributed by atoms with Gasteiger partial charge >= 0.3 is 11.9 Å². The van der Waals surface area contributed by atoms with E-state index in [1.54, 1.807) is 0 Å². The van der Waals surface area contributed by atoms with Crippen molar-refractivity contribution < 1.29 is 34.4 Å². The highest BCUT2D eigenvalue weighted by molar-refractivity contribution is 6.00. The number of carboxylic acids is 1. The van der Waals surface area contributed by atoms with Crippen LogP contribution in [0.3, 0.4) is 0 Å². The molecule has 1 heterocycles. The molecule has 0 aromatic heterocycles. The van der Waals surface area contributed by atoms with Gasteiger partial charge in [0.1, 0.15) is 6.10 Å². The first-order chi connectivity index (χ1) is 28.1. The number of rotatable bonds is 10. The van der Waals surface area contributed by atoms with Crippen LogP contribution < -0.4 is 10.2 Å². The van der Waals surface area contributed by atoms with Crippen molar-refractivity contribution in [2.24, 2.45) is 68.0 Å². The van der Waals surface area contributed by atoms with Crippen molar-refractivity contribution in [1.82, 2.24) is 5.32 Å². The number of anilines is 1. The molecule has 9 heteroatoms. The molecule has 6 fully saturated rings. The highest BCUT2D eigenvalue weighted by atomic mass is 16.5.